The van der Waals surface area contributed by atoms with Crippen molar-refractivity contribution in [1.29, 1.82) is 0 Å². The molecule has 0 spiro atoms. The van der Waals surface area contributed by atoms with Crippen molar-refractivity contribution in [3.8, 4) is 0 Å². The smallest absolute Gasteiger partial charge is 0.0665 e. The Kier molecular flexibility index (Phi) is 6.06. The molecule has 20 heavy (non-hydrogen) atoms. The maximum absolute atomic E-state index is 6.21. The molecule has 0 saturated heterocycles. The van der Waals surface area contributed by atoms with Gasteiger partial charge < -0.3 is 10.1 Å². The van der Waals surface area contributed by atoms with Crippen molar-refractivity contribution < 1.29 is 4.74 Å². The SMILES string of the molecule is CCNC(COC1CCC(C)C(C)C1)c1ccccc1. The van der Waals surface area contributed by atoms with E-state index in [0.29, 0.717) is 12.1 Å². The first-order chi connectivity index (χ1) is 9.70. The number of hydrogen-bond acceptors (Lipinski definition) is 2. The largest absolute Gasteiger partial charge is 0.376 e. The van der Waals surface area contributed by atoms with Gasteiger partial charge in [-0.2, -0.15) is 0 Å². The Bertz CT molecular complexity index is 378. The van der Waals surface area contributed by atoms with Gasteiger partial charge in [0.25, 0.3) is 0 Å². The fraction of sp³-hybridized carbons (Fsp3) is 0.667. The van der Waals surface area contributed by atoms with E-state index >= 15 is 0 Å². The zero-order chi connectivity index (χ0) is 14.4. The van der Waals surface area contributed by atoms with Crippen molar-refractivity contribution in [2.24, 2.45) is 11.8 Å². The number of nitrogens with one attached hydrogen (secondary N) is 1. The molecular formula is C18H29NO. The second kappa shape index (κ2) is 7.80. The van der Waals surface area contributed by atoms with E-state index in [0.717, 1.165) is 25.0 Å². The zero-order valence-electron chi connectivity index (χ0n) is 13.1. The highest BCUT2D eigenvalue weighted by Crippen LogP contribution is 2.31. The van der Waals surface area contributed by atoms with Gasteiger partial charge in [0.05, 0.1) is 18.8 Å². The third-order valence-electron chi connectivity index (χ3n) is 4.70. The lowest BCUT2D eigenvalue weighted by atomic mass is 9.80. The highest BCUT2D eigenvalue weighted by atomic mass is 16.5. The Hall–Kier alpha value is -0.860. The molecule has 1 aliphatic carbocycles. The van der Waals surface area contributed by atoms with Gasteiger partial charge in [0.2, 0.25) is 0 Å². The normalized spacial score (nSPS) is 28.2. The van der Waals surface area contributed by atoms with Crippen LogP contribution in [-0.2, 0) is 4.74 Å². The predicted molar refractivity (Wildman–Crippen MR) is 84.8 cm³/mol. The average Bonchev–Trinajstić information content (AvgIpc) is 2.48. The zero-order valence-corrected chi connectivity index (χ0v) is 13.1. The summed E-state index contributed by atoms with van der Waals surface area (Å²) in [5.74, 6) is 1.65. The first-order valence-electron chi connectivity index (χ1n) is 8.10. The second-order valence-corrected chi connectivity index (χ2v) is 6.24. The molecule has 1 aromatic rings. The molecule has 0 aliphatic heterocycles. The molecule has 1 saturated carbocycles. The van der Waals surface area contributed by atoms with Crippen LogP contribution in [0.25, 0.3) is 0 Å². The van der Waals surface area contributed by atoms with Gasteiger partial charge in [-0.05, 0) is 43.2 Å². The van der Waals surface area contributed by atoms with Gasteiger partial charge in [-0.3, -0.25) is 0 Å². The summed E-state index contributed by atoms with van der Waals surface area (Å²) >= 11 is 0. The minimum absolute atomic E-state index is 0.316. The molecule has 1 aliphatic rings. The van der Waals surface area contributed by atoms with E-state index in [-0.39, 0.29) is 0 Å². The quantitative estimate of drug-likeness (QED) is 0.841. The standard InChI is InChI=1S/C18H29NO/c1-4-19-18(16-8-6-5-7-9-16)13-20-17-11-10-14(2)15(3)12-17/h5-9,14-15,17-19H,4,10-13H2,1-3H3. The number of benzene rings is 1. The van der Waals surface area contributed by atoms with Crippen LogP contribution in [0.4, 0.5) is 0 Å². The van der Waals surface area contributed by atoms with Crippen molar-refractivity contribution in [2.45, 2.75) is 52.2 Å². The van der Waals surface area contributed by atoms with E-state index in [4.69, 9.17) is 4.74 Å². The van der Waals surface area contributed by atoms with Crippen LogP contribution in [0.2, 0.25) is 0 Å². The molecule has 0 radical (unpaired) electrons. The number of ether oxygens (including phenoxy) is 1. The summed E-state index contributed by atoms with van der Waals surface area (Å²) in [5.41, 5.74) is 1.33. The van der Waals surface area contributed by atoms with Gasteiger partial charge in [-0.25, -0.2) is 0 Å². The Morgan fingerprint density at radius 3 is 2.55 bits per heavy atom. The molecule has 0 heterocycles. The maximum atomic E-state index is 6.21. The van der Waals surface area contributed by atoms with Gasteiger partial charge in [0.15, 0.2) is 0 Å². The van der Waals surface area contributed by atoms with Crippen LogP contribution in [0.5, 0.6) is 0 Å². The third kappa shape index (κ3) is 4.32. The summed E-state index contributed by atoms with van der Waals surface area (Å²) < 4.78 is 6.21. The number of likely N-dealkylation sites (N-methyl/N-ethyl adjacent to an activating group) is 1. The minimum atomic E-state index is 0.316. The highest BCUT2D eigenvalue weighted by Gasteiger charge is 2.25. The molecule has 0 amide bonds. The van der Waals surface area contributed by atoms with E-state index < -0.39 is 0 Å². The number of rotatable bonds is 6. The van der Waals surface area contributed by atoms with Gasteiger partial charge in [0.1, 0.15) is 0 Å². The predicted octanol–water partition coefficient (Wildman–Crippen LogP) is 4.18. The fourth-order valence-electron chi connectivity index (χ4n) is 3.09. The minimum Gasteiger partial charge on any atom is -0.376 e. The van der Waals surface area contributed by atoms with Crippen LogP contribution < -0.4 is 5.32 Å². The molecule has 0 bridgehead atoms. The molecule has 112 valence electrons. The van der Waals surface area contributed by atoms with E-state index in [1.165, 1.54) is 24.8 Å². The Morgan fingerprint density at radius 2 is 1.90 bits per heavy atom. The molecular weight excluding hydrogens is 246 g/mol. The highest BCUT2D eigenvalue weighted by molar-refractivity contribution is 5.18. The van der Waals surface area contributed by atoms with Gasteiger partial charge >= 0.3 is 0 Å². The van der Waals surface area contributed by atoms with Crippen molar-refractivity contribution in [3.63, 3.8) is 0 Å². The lowest BCUT2D eigenvalue weighted by Crippen LogP contribution is -2.31. The summed E-state index contributed by atoms with van der Waals surface area (Å²) in [6.07, 6.45) is 4.20. The van der Waals surface area contributed by atoms with Crippen LogP contribution >= 0.6 is 0 Å². The first kappa shape index (κ1) is 15.5. The molecule has 2 rings (SSSR count). The summed E-state index contributed by atoms with van der Waals surface area (Å²) in [5, 5.41) is 3.53. The van der Waals surface area contributed by atoms with Crippen LogP contribution in [-0.4, -0.2) is 19.3 Å². The fourth-order valence-corrected chi connectivity index (χ4v) is 3.09. The summed E-state index contributed by atoms with van der Waals surface area (Å²) in [7, 11) is 0. The van der Waals surface area contributed by atoms with Crippen LogP contribution in [0.15, 0.2) is 30.3 Å². The van der Waals surface area contributed by atoms with Crippen molar-refractivity contribution in [1.82, 2.24) is 5.32 Å². The topological polar surface area (TPSA) is 21.3 Å². The lowest BCUT2D eigenvalue weighted by molar-refractivity contribution is -0.00744. The van der Waals surface area contributed by atoms with Crippen LogP contribution in [0.3, 0.4) is 0 Å². The van der Waals surface area contributed by atoms with E-state index in [1.54, 1.807) is 0 Å². The van der Waals surface area contributed by atoms with Gasteiger partial charge in [0, 0.05) is 0 Å². The molecule has 2 nitrogen and oxygen atoms in total. The van der Waals surface area contributed by atoms with Crippen LogP contribution in [0, 0.1) is 11.8 Å². The van der Waals surface area contributed by atoms with Gasteiger partial charge in [-0.15, -0.1) is 0 Å². The Morgan fingerprint density at radius 1 is 1.15 bits per heavy atom. The molecule has 1 fully saturated rings. The molecule has 1 aromatic carbocycles. The summed E-state index contributed by atoms with van der Waals surface area (Å²) in [4.78, 5) is 0. The molecule has 1 N–H and O–H groups in total. The van der Waals surface area contributed by atoms with E-state index in [9.17, 15) is 0 Å². The summed E-state index contributed by atoms with van der Waals surface area (Å²) in [6, 6.07) is 11.0. The summed E-state index contributed by atoms with van der Waals surface area (Å²) in [6.45, 7) is 8.64. The van der Waals surface area contributed by atoms with Crippen LogP contribution in [0.1, 0.15) is 51.6 Å². The Balaban J connectivity index is 1.86. The average molecular weight is 275 g/mol. The third-order valence-corrected chi connectivity index (χ3v) is 4.70. The molecule has 0 aromatic heterocycles. The molecule has 4 unspecified atom stereocenters. The van der Waals surface area contributed by atoms with E-state index in [2.05, 4.69) is 56.4 Å². The van der Waals surface area contributed by atoms with Crippen molar-refractivity contribution >= 4 is 0 Å². The van der Waals surface area contributed by atoms with E-state index in [1.807, 2.05) is 0 Å². The second-order valence-electron chi connectivity index (χ2n) is 6.24. The number of hydrogen-bond donors (Lipinski definition) is 1. The molecule has 4 atom stereocenters. The van der Waals surface area contributed by atoms with Crippen molar-refractivity contribution in [3.05, 3.63) is 35.9 Å². The molecule has 2 heteroatoms. The van der Waals surface area contributed by atoms with Crippen molar-refractivity contribution in [2.75, 3.05) is 13.2 Å². The van der Waals surface area contributed by atoms with Gasteiger partial charge in [-0.1, -0.05) is 51.1 Å². The first-order valence-corrected chi connectivity index (χ1v) is 8.10. The maximum Gasteiger partial charge on any atom is 0.0665 e. The lowest BCUT2D eigenvalue weighted by Gasteiger charge is -2.33. The monoisotopic (exact) mass is 275 g/mol. The Labute approximate surface area is 123 Å².